The number of amides is 1. The van der Waals surface area contributed by atoms with Crippen molar-refractivity contribution < 1.29 is 4.79 Å². The lowest BCUT2D eigenvalue weighted by molar-refractivity contribution is -0.132. The maximum Gasteiger partial charge on any atom is 0.224 e. The first-order valence-electron chi connectivity index (χ1n) is 4.89. The van der Waals surface area contributed by atoms with Crippen molar-refractivity contribution in [3.8, 4) is 0 Å². The number of hydrogen-bond donors (Lipinski definition) is 1. The van der Waals surface area contributed by atoms with Gasteiger partial charge >= 0.3 is 0 Å². The standard InChI is InChI=1S/C10H12ClN3O/c11-8-7(13-4-5-14-8)6-10(9(12)15)2-1-3-10/h4-5H,1-3,6H2,(H2,12,15). The van der Waals surface area contributed by atoms with Crippen LogP contribution >= 0.6 is 11.6 Å². The molecule has 1 saturated carbocycles. The molecule has 0 spiro atoms. The molecule has 0 unspecified atom stereocenters. The molecule has 80 valence electrons. The van der Waals surface area contributed by atoms with E-state index in [4.69, 9.17) is 17.3 Å². The maximum absolute atomic E-state index is 11.4. The van der Waals surface area contributed by atoms with Gasteiger partial charge in [-0.25, -0.2) is 4.98 Å². The second kappa shape index (κ2) is 3.77. The first-order valence-corrected chi connectivity index (χ1v) is 5.27. The third-order valence-electron chi connectivity index (χ3n) is 3.06. The van der Waals surface area contributed by atoms with E-state index < -0.39 is 5.41 Å². The van der Waals surface area contributed by atoms with Gasteiger partial charge in [0.05, 0.1) is 11.1 Å². The predicted molar refractivity (Wildman–Crippen MR) is 56.2 cm³/mol. The number of aromatic nitrogens is 2. The van der Waals surface area contributed by atoms with Crippen LogP contribution in [0.15, 0.2) is 12.4 Å². The van der Waals surface area contributed by atoms with Crippen molar-refractivity contribution in [2.45, 2.75) is 25.7 Å². The molecule has 0 bridgehead atoms. The summed E-state index contributed by atoms with van der Waals surface area (Å²) in [6, 6.07) is 0. The van der Waals surface area contributed by atoms with Crippen molar-refractivity contribution in [2.75, 3.05) is 0 Å². The zero-order valence-electron chi connectivity index (χ0n) is 8.24. The number of nitrogens with two attached hydrogens (primary N) is 1. The fourth-order valence-electron chi connectivity index (χ4n) is 1.90. The van der Waals surface area contributed by atoms with Gasteiger partial charge in [0.1, 0.15) is 0 Å². The molecule has 0 aliphatic heterocycles. The lowest BCUT2D eigenvalue weighted by atomic mass is 9.65. The molecule has 0 atom stereocenters. The van der Waals surface area contributed by atoms with Crippen LogP contribution in [0.5, 0.6) is 0 Å². The van der Waals surface area contributed by atoms with E-state index in [-0.39, 0.29) is 5.91 Å². The maximum atomic E-state index is 11.4. The fraction of sp³-hybridized carbons (Fsp3) is 0.500. The molecule has 1 aromatic heterocycles. The number of halogens is 1. The number of carbonyl (C=O) groups is 1. The molecular formula is C10H12ClN3O. The summed E-state index contributed by atoms with van der Waals surface area (Å²) in [5.41, 5.74) is 5.63. The molecule has 15 heavy (non-hydrogen) atoms. The molecule has 1 heterocycles. The molecule has 1 aliphatic carbocycles. The smallest absolute Gasteiger partial charge is 0.224 e. The second-order valence-electron chi connectivity index (χ2n) is 3.97. The van der Waals surface area contributed by atoms with Crippen LogP contribution in [0.3, 0.4) is 0 Å². The summed E-state index contributed by atoms with van der Waals surface area (Å²) >= 11 is 5.89. The van der Waals surface area contributed by atoms with Crippen LogP contribution in [-0.2, 0) is 11.2 Å². The topological polar surface area (TPSA) is 68.9 Å². The molecule has 0 saturated heterocycles. The Morgan fingerprint density at radius 1 is 1.47 bits per heavy atom. The van der Waals surface area contributed by atoms with Crippen LogP contribution in [0.25, 0.3) is 0 Å². The van der Waals surface area contributed by atoms with E-state index in [1.165, 1.54) is 6.20 Å². The minimum Gasteiger partial charge on any atom is -0.369 e. The van der Waals surface area contributed by atoms with E-state index >= 15 is 0 Å². The average molecular weight is 226 g/mol. The monoisotopic (exact) mass is 225 g/mol. The molecular weight excluding hydrogens is 214 g/mol. The molecule has 2 N–H and O–H groups in total. The molecule has 4 nitrogen and oxygen atoms in total. The summed E-state index contributed by atoms with van der Waals surface area (Å²) < 4.78 is 0. The quantitative estimate of drug-likeness (QED) is 0.844. The van der Waals surface area contributed by atoms with Crippen molar-refractivity contribution in [1.82, 2.24) is 9.97 Å². The third kappa shape index (κ3) is 1.81. The molecule has 1 amide bonds. The van der Waals surface area contributed by atoms with Crippen LogP contribution in [0.1, 0.15) is 25.0 Å². The first-order chi connectivity index (χ1) is 7.14. The van der Waals surface area contributed by atoms with Crippen molar-refractivity contribution in [3.63, 3.8) is 0 Å². The van der Waals surface area contributed by atoms with Crippen LogP contribution < -0.4 is 5.73 Å². The zero-order chi connectivity index (χ0) is 10.9. The molecule has 5 heteroatoms. The molecule has 1 aliphatic rings. The van der Waals surface area contributed by atoms with E-state index in [2.05, 4.69) is 9.97 Å². The molecule has 0 aromatic carbocycles. The van der Waals surface area contributed by atoms with Gasteiger partial charge in [-0.1, -0.05) is 18.0 Å². The van der Waals surface area contributed by atoms with Crippen LogP contribution in [-0.4, -0.2) is 15.9 Å². The number of primary amides is 1. The van der Waals surface area contributed by atoms with E-state index in [0.29, 0.717) is 17.3 Å². The van der Waals surface area contributed by atoms with E-state index in [1.54, 1.807) is 6.20 Å². The van der Waals surface area contributed by atoms with E-state index in [1.807, 2.05) is 0 Å². The minimum atomic E-state index is -0.431. The van der Waals surface area contributed by atoms with Gasteiger partial charge in [0.2, 0.25) is 5.91 Å². The average Bonchev–Trinajstić information content (AvgIpc) is 2.13. The highest BCUT2D eigenvalue weighted by Crippen LogP contribution is 2.43. The zero-order valence-corrected chi connectivity index (χ0v) is 9.00. The van der Waals surface area contributed by atoms with E-state index in [0.717, 1.165) is 19.3 Å². The Labute approximate surface area is 92.9 Å². The molecule has 1 fully saturated rings. The highest BCUT2D eigenvalue weighted by atomic mass is 35.5. The first kappa shape index (κ1) is 10.4. The normalized spacial score (nSPS) is 18.2. The van der Waals surface area contributed by atoms with Gasteiger partial charge in [0.15, 0.2) is 5.15 Å². The Balaban J connectivity index is 2.21. The number of hydrogen-bond acceptors (Lipinski definition) is 3. The lowest BCUT2D eigenvalue weighted by Gasteiger charge is -2.38. The van der Waals surface area contributed by atoms with Gasteiger partial charge in [0.25, 0.3) is 0 Å². The second-order valence-corrected chi connectivity index (χ2v) is 4.33. The highest BCUT2D eigenvalue weighted by molar-refractivity contribution is 6.30. The fourth-order valence-corrected chi connectivity index (χ4v) is 2.07. The van der Waals surface area contributed by atoms with Crippen molar-refractivity contribution in [1.29, 1.82) is 0 Å². The van der Waals surface area contributed by atoms with Gasteiger partial charge in [-0.2, -0.15) is 0 Å². The van der Waals surface area contributed by atoms with Gasteiger partial charge in [0, 0.05) is 18.8 Å². The van der Waals surface area contributed by atoms with Crippen molar-refractivity contribution >= 4 is 17.5 Å². The van der Waals surface area contributed by atoms with Crippen LogP contribution in [0, 0.1) is 5.41 Å². The molecule has 1 aromatic rings. The predicted octanol–water partition coefficient (Wildman–Crippen LogP) is 1.33. The lowest BCUT2D eigenvalue weighted by Crippen LogP contribution is -2.44. The molecule has 0 radical (unpaired) electrons. The highest BCUT2D eigenvalue weighted by Gasteiger charge is 2.43. The SMILES string of the molecule is NC(=O)C1(Cc2nccnc2Cl)CCC1. The summed E-state index contributed by atoms with van der Waals surface area (Å²) in [6.45, 7) is 0. The van der Waals surface area contributed by atoms with Crippen molar-refractivity contribution in [3.05, 3.63) is 23.2 Å². The van der Waals surface area contributed by atoms with Crippen LogP contribution in [0.2, 0.25) is 5.15 Å². The number of rotatable bonds is 3. The van der Waals surface area contributed by atoms with Gasteiger partial charge in [-0.15, -0.1) is 0 Å². The van der Waals surface area contributed by atoms with Gasteiger partial charge in [-0.3, -0.25) is 9.78 Å². The summed E-state index contributed by atoms with van der Waals surface area (Å²) in [6.07, 6.45) is 6.32. The summed E-state index contributed by atoms with van der Waals surface area (Å²) in [5.74, 6) is -0.254. The summed E-state index contributed by atoms with van der Waals surface area (Å²) in [7, 11) is 0. The Kier molecular flexibility index (Phi) is 2.61. The minimum absolute atomic E-state index is 0.254. The Hall–Kier alpha value is -1.16. The van der Waals surface area contributed by atoms with Gasteiger partial charge in [-0.05, 0) is 12.8 Å². The third-order valence-corrected chi connectivity index (χ3v) is 3.38. The Morgan fingerprint density at radius 3 is 2.60 bits per heavy atom. The summed E-state index contributed by atoms with van der Waals surface area (Å²) in [5, 5.41) is 0.366. The molecule has 2 rings (SSSR count). The summed E-state index contributed by atoms with van der Waals surface area (Å²) in [4.78, 5) is 19.4. The largest absolute Gasteiger partial charge is 0.369 e. The number of carbonyl (C=O) groups excluding carboxylic acids is 1. The Bertz CT molecular complexity index is 390. The van der Waals surface area contributed by atoms with Gasteiger partial charge < -0.3 is 5.73 Å². The number of nitrogens with zero attached hydrogens (tertiary/aromatic N) is 2. The van der Waals surface area contributed by atoms with E-state index in [9.17, 15) is 4.79 Å². The Morgan fingerprint density at radius 2 is 2.13 bits per heavy atom. The van der Waals surface area contributed by atoms with Crippen LogP contribution in [0.4, 0.5) is 0 Å². The van der Waals surface area contributed by atoms with Crippen molar-refractivity contribution in [2.24, 2.45) is 11.1 Å².